The van der Waals surface area contributed by atoms with Crippen LogP contribution in [0.1, 0.15) is 12.5 Å². The van der Waals surface area contributed by atoms with Crippen LogP contribution in [-0.2, 0) is 17.9 Å². The number of amides is 1. The Bertz CT molecular complexity index is 924. The number of rotatable bonds is 7. The van der Waals surface area contributed by atoms with Crippen LogP contribution in [0, 0.1) is 0 Å². The Kier molecular flexibility index (Phi) is 7.38. The Balaban J connectivity index is 1.60. The van der Waals surface area contributed by atoms with Crippen molar-refractivity contribution in [2.45, 2.75) is 25.2 Å². The second-order valence-electron chi connectivity index (χ2n) is 5.47. The molecule has 0 radical (unpaired) electrons. The molecule has 3 rings (SSSR count). The second kappa shape index (κ2) is 9.56. The number of aromatic nitrogens is 3. The van der Waals surface area contributed by atoms with E-state index in [1.54, 1.807) is 11.3 Å². The molecule has 10 heteroatoms. The number of thioether (sulfide) groups is 1. The molecule has 0 aliphatic rings. The van der Waals surface area contributed by atoms with Gasteiger partial charge >= 0.3 is 0 Å². The lowest BCUT2D eigenvalue weighted by Crippen LogP contribution is -2.24. The molecule has 0 aliphatic heterocycles. The molecule has 142 valence electrons. The fraction of sp³-hybridized carbons (Fsp3) is 0.235. The van der Waals surface area contributed by atoms with E-state index in [9.17, 15) is 4.79 Å². The van der Waals surface area contributed by atoms with Crippen LogP contribution in [0.2, 0.25) is 5.02 Å². The van der Waals surface area contributed by atoms with Crippen molar-refractivity contribution in [3.63, 3.8) is 0 Å². The van der Waals surface area contributed by atoms with E-state index in [0.717, 1.165) is 36.2 Å². The largest absolute Gasteiger partial charge is 0.351 e. The van der Waals surface area contributed by atoms with Gasteiger partial charge in [0.15, 0.2) is 11.0 Å². The lowest BCUT2D eigenvalue weighted by molar-refractivity contribution is -0.118. The van der Waals surface area contributed by atoms with E-state index in [0.29, 0.717) is 11.6 Å². The van der Waals surface area contributed by atoms with E-state index >= 15 is 0 Å². The fourth-order valence-electron chi connectivity index (χ4n) is 2.30. The lowest BCUT2D eigenvalue weighted by atomic mass is 10.2. The maximum atomic E-state index is 12.2. The first-order chi connectivity index (χ1) is 13.0. The van der Waals surface area contributed by atoms with Crippen LogP contribution in [0.25, 0.3) is 10.7 Å². The van der Waals surface area contributed by atoms with Crippen LogP contribution in [0.4, 0.5) is 0 Å². The van der Waals surface area contributed by atoms with Gasteiger partial charge in [-0.3, -0.25) is 4.79 Å². The lowest BCUT2D eigenvalue weighted by Gasteiger charge is -2.07. The molecular weight excluding hydrogens is 536 g/mol. The van der Waals surface area contributed by atoms with Gasteiger partial charge in [0.25, 0.3) is 0 Å². The molecule has 2 heterocycles. The first-order valence-electron chi connectivity index (χ1n) is 8.00. The Morgan fingerprint density at radius 1 is 1.30 bits per heavy atom. The van der Waals surface area contributed by atoms with Crippen LogP contribution in [-0.4, -0.2) is 26.4 Å². The third-order valence-corrected chi connectivity index (χ3v) is 8.10. The molecule has 0 saturated carbocycles. The van der Waals surface area contributed by atoms with Gasteiger partial charge in [-0.2, -0.15) is 0 Å². The maximum Gasteiger partial charge on any atom is 0.230 e. The summed E-state index contributed by atoms with van der Waals surface area (Å²) in [5, 5.41) is 12.9. The van der Waals surface area contributed by atoms with Crippen LogP contribution < -0.4 is 5.32 Å². The van der Waals surface area contributed by atoms with Crippen LogP contribution in [0.5, 0.6) is 0 Å². The summed E-state index contributed by atoms with van der Waals surface area (Å²) in [5.74, 6) is 1.03. The molecule has 1 N–H and O–H groups in total. The first kappa shape index (κ1) is 20.9. The summed E-state index contributed by atoms with van der Waals surface area (Å²) in [5.41, 5.74) is 1.01. The zero-order valence-corrected chi connectivity index (χ0v) is 19.8. The molecule has 27 heavy (non-hydrogen) atoms. The summed E-state index contributed by atoms with van der Waals surface area (Å²) in [7, 11) is 0. The molecule has 0 bridgehead atoms. The number of halogens is 3. The SMILES string of the molecule is CCn1c(SCC(=O)NCc2ccc(Cl)cc2)nnc1-c1cc(Br)c(Br)s1. The predicted octanol–water partition coefficient (Wildman–Crippen LogP) is 5.61. The molecule has 0 aliphatic carbocycles. The quantitative estimate of drug-likeness (QED) is 0.389. The van der Waals surface area contributed by atoms with E-state index in [2.05, 4.69) is 47.4 Å². The minimum Gasteiger partial charge on any atom is -0.351 e. The number of nitrogens with one attached hydrogen (secondary N) is 1. The van der Waals surface area contributed by atoms with Crippen LogP contribution >= 0.6 is 66.6 Å². The third kappa shape index (κ3) is 5.35. The van der Waals surface area contributed by atoms with Gasteiger partial charge in [-0.25, -0.2) is 0 Å². The summed E-state index contributed by atoms with van der Waals surface area (Å²) in [6.45, 7) is 3.24. The van der Waals surface area contributed by atoms with E-state index in [-0.39, 0.29) is 11.7 Å². The molecule has 1 aromatic carbocycles. The summed E-state index contributed by atoms with van der Waals surface area (Å²) < 4.78 is 4.02. The van der Waals surface area contributed by atoms with E-state index < -0.39 is 0 Å². The van der Waals surface area contributed by atoms with E-state index in [1.807, 2.05) is 41.8 Å². The van der Waals surface area contributed by atoms with E-state index in [1.165, 1.54) is 11.8 Å². The molecule has 0 spiro atoms. The first-order valence-corrected chi connectivity index (χ1v) is 11.8. The maximum absolute atomic E-state index is 12.2. The minimum atomic E-state index is -0.0521. The van der Waals surface area contributed by atoms with Crippen molar-refractivity contribution in [2.75, 3.05) is 5.75 Å². The average Bonchev–Trinajstić information content (AvgIpc) is 3.22. The Morgan fingerprint density at radius 3 is 2.67 bits per heavy atom. The highest BCUT2D eigenvalue weighted by atomic mass is 79.9. The summed E-state index contributed by atoms with van der Waals surface area (Å²) in [6.07, 6.45) is 0. The van der Waals surface area contributed by atoms with Gasteiger partial charge < -0.3 is 9.88 Å². The molecule has 0 saturated heterocycles. The molecule has 2 aromatic heterocycles. The normalized spacial score (nSPS) is 11.0. The Labute approximate surface area is 187 Å². The zero-order chi connectivity index (χ0) is 19.4. The predicted molar refractivity (Wildman–Crippen MR) is 118 cm³/mol. The third-order valence-electron chi connectivity index (χ3n) is 3.63. The van der Waals surface area contributed by atoms with Gasteiger partial charge in [0.2, 0.25) is 5.91 Å². The topological polar surface area (TPSA) is 59.8 Å². The van der Waals surface area contributed by atoms with Crippen molar-refractivity contribution in [1.29, 1.82) is 0 Å². The molecule has 0 atom stereocenters. The zero-order valence-electron chi connectivity index (χ0n) is 14.2. The molecule has 3 aromatic rings. The van der Waals surface area contributed by atoms with Crippen molar-refractivity contribution < 1.29 is 4.79 Å². The highest BCUT2D eigenvalue weighted by Crippen LogP contribution is 2.38. The number of carbonyl (C=O) groups is 1. The Morgan fingerprint density at radius 2 is 2.04 bits per heavy atom. The minimum absolute atomic E-state index is 0.0521. The number of thiophene rings is 1. The Hall–Kier alpha value is -0.870. The number of hydrogen-bond acceptors (Lipinski definition) is 5. The molecular formula is C17H15Br2ClN4OS2. The summed E-state index contributed by atoms with van der Waals surface area (Å²) in [4.78, 5) is 13.2. The van der Waals surface area contributed by atoms with Gasteiger partial charge in [0.1, 0.15) is 0 Å². The number of carbonyl (C=O) groups excluding carboxylic acids is 1. The van der Waals surface area contributed by atoms with Crippen molar-refractivity contribution >= 4 is 72.5 Å². The molecule has 5 nitrogen and oxygen atoms in total. The molecule has 1 amide bonds. The van der Waals surface area contributed by atoms with Gasteiger partial charge in [-0.05, 0) is 62.5 Å². The van der Waals surface area contributed by atoms with Gasteiger partial charge in [0, 0.05) is 22.6 Å². The van der Waals surface area contributed by atoms with Gasteiger partial charge in [-0.1, -0.05) is 35.5 Å². The summed E-state index contributed by atoms with van der Waals surface area (Å²) >= 11 is 15.8. The highest BCUT2D eigenvalue weighted by Gasteiger charge is 2.17. The number of benzene rings is 1. The van der Waals surface area contributed by atoms with Crippen LogP contribution in [0.15, 0.2) is 43.7 Å². The smallest absolute Gasteiger partial charge is 0.230 e. The molecule has 0 fully saturated rings. The van der Waals surface area contributed by atoms with Gasteiger partial charge in [0.05, 0.1) is 14.4 Å². The highest BCUT2D eigenvalue weighted by molar-refractivity contribution is 9.13. The van der Waals surface area contributed by atoms with E-state index in [4.69, 9.17) is 11.6 Å². The van der Waals surface area contributed by atoms with Crippen molar-refractivity contribution in [1.82, 2.24) is 20.1 Å². The number of nitrogens with zero attached hydrogens (tertiary/aromatic N) is 3. The standard InChI is InChI=1S/C17H15Br2ClN4OS2/c1-2-24-16(13-7-12(18)15(19)27-13)22-23-17(24)26-9-14(25)21-8-10-3-5-11(20)6-4-10/h3-7H,2,8-9H2,1H3,(H,21,25). The van der Waals surface area contributed by atoms with Crippen molar-refractivity contribution in [3.05, 3.63) is 49.2 Å². The molecule has 0 unspecified atom stereocenters. The fourth-order valence-corrected chi connectivity index (χ4v) is 5.29. The second-order valence-corrected chi connectivity index (χ2v) is 10.1. The average molecular weight is 551 g/mol. The monoisotopic (exact) mass is 548 g/mol. The summed E-state index contributed by atoms with van der Waals surface area (Å²) in [6, 6.07) is 9.42. The van der Waals surface area contributed by atoms with Crippen molar-refractivity contribution in [2.24, 2.45) is 0 Å². The number of hydrogen-bond donors (Lipinski definition) is 1. The van der Waals surface area contributed by atoms with Gasteiger partial charge in [-0.15, -0.1) is 21.5 Å². The van der Waals surface area contributed by atoms with Crippen LogP contribution in [0.3, 0.4) is 0 Å². The van der Waals surface area contributed by atoms with Crippen molar-refractivity contribution in [3.8, 4) is 10.7 Å².